The number of oxazole rings is 1. The van der Waals surface area contributed by atoms with E-state index in [1.807, 2.05) is 0 Å². The highest BCUT2D eigenvalue weighted by Gasteiger charge is 2.36. The van der Waals surface area contributed by atoms with E-state index in [2.05, 4.69) is 10.3 Å². The summed E-state index contributed by atoms with van der Waals surface area (Å²) in [6.07, 6.45) is 0.107. The van der Waals surface area contributed by atoms with Gasteiger partial charge in [-0.2, -0.15) is 4.98 Å². The van der Waals surface area contributed by atoms with Gasteiger partial charge in [-0.1, -0.05) is 0 Å². The molecule has 1 aromatic carbocycles. The van der Waals surface area contributed by atoms with Gasteiger partial charge in [0.05, 0.1) is 6.42 Å². The number of aromatic nitrogens is 1. The maximum absolute atomic E-state index is 11.7. The van der Waals surface area contributed by atoms with Crippen LogP contribution in [0.4, 0.5) is 11.7 Å². The predicted octanol–water partition coefficient (Wildman–Crippen LogP) is 0.579. The number of carbonyl (C=O) groups excluding carboxylic acids is 2. The van der Waals surface area contributed by atoms with Gasteiger partial charge in [-0.3, -0.25) is 14.5 Å². The number of nitrogen functional groups attached to an aromatic ring is 1. The summed E-state index contributed by atoms with van der Waals surface area (Å²) in [5.74, 6) is -0.505. The zero-order valence-electron chi connectivity index (χ0n) is 10.2. The number of imide groups is 1. The second-order valence-corrected chi connectivity index (χ2v) is 4.44. The standard InChI is InChI=1S/C12H12N4O3/c1-16-10(17)5-8(11(16)18)15-12-14-7-3-2-6(13)4-9(7)19-12/h2-4,8H,5,13H2,1H3,(H,14,15). The topological polar surface area (TPSA) is 101 Å². The first-order valence-electron chi connectivity index (χ1n) is 5.77. The van der Waals surface area contributed by atoms with Gasteiger partial charge >= 0.3 is 0 Å². The van der Waals surface area contributed by atoms with Crippen LogP contribution in [0.25, 0.3) is 11.1 Å². The van der Waals surface area contributed by atoms with Gasteiger partial charge in [-0.05, 0) is 12.1 Å². The Bertz CT molecular complexity index is 679. The largest absolute Gasteiger partial charge is 0.423 e. The van der Waals surface area contributed by atoms with E-state index < -0.39 is 6.04 Å². The lowest BCUT2D eigenvalue weighted by Crippen LogP contribution is -2.31. The molecule has 2 heterocycles. The number of benzene rings is 1. The number of hydrogen-bond donors (Lipinski definition) is 2. The van der Waals surface area contributed by atoms with Crippen LogP contribution in [0.15, 0.2) is 22.6 Å². The Balaban J connectivity index is 1.86. The molecule has 0 spiro atoms. The molecule has 0 aliphatic carbocycles. The molecule has 7 nitrogen and oxygen atoms in total. The molecule has 1 aliphatic rings. The molecule has 1 atom stereocenters. The fourth-order valence-electron chi connectivity index (χ4n) is 2.02. The molecule has 2 amide bonds. The molecular weight excluding hydrogens is 248 g/mol. The van der Waals surface area contributed by atoms with Crippen LogP contribution in [0.1, 0.15) is 6.42 Å². The Morgan fingerprint density at radius 1 is 1.47 bits per heavy atom. The van der Waals surface area contributed by atoms with Crippen LogP contribution in [0.2, 0.25) is 0 Å². The van der Waals surface area contributed by atoms with Crippen molar-refractivity contribution in [2.45, 2.75) is 12.5 Å². The number of nitrogens with one attached hydrogen (secondary N) is 1. The van der Waals surface area contributed by atoms with Crippen LogP contribution in [-0.4, -0.2) is 34.8 Å². The van der Waals surface area contributed by atoms with Crippen LogP contribution >= 0.6 is 0 Å². The smallest absolute Gasteiger partial charge is 0.296 e. The second-order valence-electron chi connectivity index (χ2n) is 4.44. The van der Waals surface area contributed by atoms with Crippen molar-refractivity contribution in [1.29, 1.82) is 0 Å². The third-order valence-electron chi connectivity index (χ3n) is 3.09. The van der Waals surface area contributed by atoms with Gasteiger partial charge < -0.3 is 15.5 Å². The monoisotopic (exact) mass is 260 g/mol. The lowest BCUT2D eigenvalue weighted by Gasteiger charge is -2.08. The predicted molar refractivity (Wildman–Crippen MR) is 68.2 cm³/mol. The van der Waals surface area contributed by atoms with Crippen molar-refractivity contribution in [3.63, 3.8) is 0 Å². The lowest BCUT2D eigenvalue weighted by atomic mass is 10.2. The van der Waals surface area contributed by atoms with Crippen LogP contribution < -0.4 is 11.1 Å². The van der Waals surface area contributed by atoms with Crippen molar-refractivity contribution in [3.05, 3.63) is 18.2 Å². The first-order chi connectivity index (χ1) is 9.04. The number of nitrogens with two attached hydrogens (primary N) is 1. The van der Waals surface area contributed by atoms with E-state index in [0.29, 0.717) is 16.8 Å². The number of fused-ring (bicyclic) bond motifs is 1. The summed E-state index contributed by atoms with van der Waals surface area (Å²) >= 11 is 0. The molecular formula is C12H12N4O3. The molecule has 0 saturated carbocycles. The molecule has 2 aromatic rings. The Kier molecular flexibility index (Phi) is 2.41. The Labute approximate surface area is 108 Å². The number of anilines is 2. The van der Waals surface area contributed by atoms with Crippen LogP contribution in [-0.2, 0) is 9.59 Å². The highest BCUT2D eigenvalue weighted by Crippen LogP contribution is 2.23. The normalized spacial score (nSPS) is 19.4. The minimum Gasteiger partial charge on any atom is -0.423 e. The van der Waals surface area contributed by atoms with E-state index in [9.17, 15) is 9.59 Å². The minimum absolute atomic E-state index is 0.107. The van der Waals surface area contributed by atoms with Crippen molar-refractivity contribution in [2.24, 2.45) is 0 Å². The Hall–Kier alpha value is -2.57. The van der Waals surface area contributed by atoms with Crippen molar-refractivity contribution in [3.8, 4) is 0 Å². The number of likely N-dealkylation sites (N-methyl/N-ethyl adjacent to an activating group) is 1. The number of nitrogens with zero attached hydrogens (tertiary/aromatic N) is 2. The quantitative estimate of drug-likeness (QED) is 0.605. The summed E-state index contributed by atoms with van der Waals surface area (Å²) in [4.78, 5) is 28.4. The molecule has 19 heavy (non-hydrogen) atoms. The molecule has 1 aliphatic heterocycles. The summed E-state index contributed by atoms with van der Waals surface area (Å²) < 4.78 is 5.45. The van der Waals surface area contributed by atoms with Gasteiger partial charge in [-0.15, -0.1) is 0 Å². The molecule has 0 radical (unpaired) electrons. The molecule has 3 rings (SSSR count). The maximum Gasteiger partial charge on any atom is 0.296 e. The molecule has 1 aromatic heterocycles. The third-order valence-corrected chi connectivity index (χ3v) is 3.09. The summed E-state index contributed by atoms with van der Waals surface area (Å²) in [6.45, 7) is 0. The fraction of sp³-hybridized carbons (Fsp3) is 0.250. The number of hydrogen-bond acceptors (Lipinski definition) is 6. The summed E-state index contributed by atoms with van der Waals surface area (Å²) in [5.41, 5.74) is 7.39. The number of carbonyl (C=O) groups is 2. The van der Waals surface area contributed by atoms with Crippen LogP contribution in [0.3, 0.4) is 0 Å². The van der Waals surface area contributed by atoms with Crippen molar-refractivity contribution >= 4 is 34.6 Å². The van der Waals surface area contributed by atoms with Crippen LogP contribution in [0.5, 0.6) is 0 Å². The zero-order chi connectivity index (χ0) is 13.6. The maximum atomic E-state index is 11.7. The van der Waals surface area contributed by atoms with Gasteiger partial charge in [0, 0.05) is 18.8 Å². The van der Waals surface area contributed by atoms with Crippen molar-refractivity contribution in [1.82, 2.24) is 9.88 Å². The highest BCUT2D eigenvalue weighted by molar-refractivity contribution is 6.06. The average molecular weight is 260 g/mol. The van der Waals surface area contributed by atoms with E-state index in [1.54, 1.807) is 18.2 Å². The van der Waals surface area contributed by atoms with Gasteiger partial charge in [0.25, 0.3) is 11.9 Å². The third kappa shape index (κ3) is 1.88. The summed E-state index contributed by atoms with van der Waals surface area (Å²) in [5, 5.41) is 2.83. The van der Waals surface area contributed by atoms with E-state index in [4.69, 9.17) is 10.2 Å². The molecule has 98 valence electrons. The van der Waals surface area contributed by atoms with E-state index in [-0.39, 0.29) is 24.2 Å². The average Bonchev–Trinajstić information content (AvgIpc) is 2.86. The molecule has 1 saturated heterocycles. The molecule has 7 heteroatoms. The fourth-order valence-corrected chi connectivity index (χ4v) is 2.02. The van der Waals surface area contributed by atoms with Gasteiger partial charge in [-0.25, -0.2) is 0 Å². The van der Waals surface area contributed by atoms with Gasteiger partial charge in [0.2, 0.25) is 5.91 Å². The van der Waals surface area contributed by atoms with Crippen LogP contribution in [0, 0.1) is 0 Å². The molecule has 1 unspecified atom stereocenters. The second kappa shape index (κ2) is 3.98. The first kappa shape index (κ1) is 11.5. The SMILES string of the molecule is CN1C(=O)CC(Nc2nc3ccc(N)cc3o2)C1=O. The van der Waals surface area contributed by atoms with Crippen molar-refractivity contribution in [2.75, 3.05) is 18.1 Å². The van der Waals surface area contributed by atoms with E-state index >= 15 is 0 Å². The zero-order valence-corrected chi connectivity index (χ0v) is 10.2. The summed E-state index contributed by atoms with van der Waals surface area (Å²) in [7, 11) is 1.46. The number of likely N-dealkylation sites (tertiary alicyclic amines) is 1. The lowest BCUT2D eigenvalue weighted by molar-refractivity contribution is -0.136. The molecule has 3 N–H and O–H groups in total. The van der Waals surface area contributed by atoms with Gasteiger partial charge in [0.1, 0.15) is 11.6 Å². The Morgan fingerprint density at radius 2 is 2.26 bits per heavy atom. The Morgan fingerprint density at radius 3 is 2.95 bits per heavy atom. The molecule has 1 fully saturated rings. The van der Waals surface area contributed by atoms with E-state index in [0.717, 1.165) is 4.90 Å². The van der Waals surface area contributed by atoms with E-state index in [1.165, 1.54) is 7.05 Å². The molecule has 0 bridgehead atoms. The van der Waals surface area contributed by atoms with Gasteiger partial charge in [0.15, 0.2) is 5.58 Å². The van der Waals surface area contributed by atoms with Crippen molar-refractivity contribution < 1.29 is 14.0 Å². The summed E-state index contributed by atoms with van der Waals surface area (Å²) in [6, 6.07) is 4.69. The number of amides is 2. The number of rotatable bonds is 2. The highest BCUT2D eigenvalue weighted by atomic mass is 16.4. The first-order valence-corrected chi connectivity index (χ1v) is 5.77. The minimum atomic E-state index is -0.622.